The fourth-order valence-corrected chi connectivity index (χ4v) is 2.89. The van der Waals surface area contributed by atoms with Crippen LogP contribution in [0.4, 0.5) is 4.39 Å². The zero-order chi connectivity index (χ0) is 17.9. The molecule has 0 aliphatic rings. The molecule has 26 heavy (non-hydrogen) atoms. The van der Waals surface area contributed by atoms with Gasteiger partial charge in [-0.3, -0.25) is 4.79 Å². The Morgan fingerprint density at radius 1 is 1.04 bits per heavy atom. The molecule has 0 fully saturated rings. The van der Waals surface area contributed by atoms with E-state index in [1.165, 1.54) is 12.1 Å². The van der Waals surface area contributed by atoms with Gasteiger partial charge in [0.15, 0.2) is 0 Å². The van der Waals surface area contributed by atoms with Gasteiger partial charge in [-0.15, -0.1) is 0 Å². The number of fused-ring (bicyclic) bond motifs is 1. The highest BCUT2D eigenvalue weighted by Gasteiger charge is 2.14. The Balaban J connectivity index is 1.63. The number of carbonyl (C=O) groups excluding carboxylic acids is 1. The second kappa shape index (κ2) is 6.80. The van der Waals surface area contributed by atoms with E-state index in [9.17, 15) is 9.18 Å². The van der Waals surface area contributed by atoms with E-state index in [2.05, 4.69) is 15.3 Å². The van der Waals surface area contributed by atoms with E-state index in [4.69, 9.17) is 0 Å². The van der Waals surface area contributed by atoms with Crippen molar-refractivity contribution >= 4 is 16.9 Å². The highest BCUT2D eigenvalue weighted by molar-refractivity contribution is 6.06. The van der Waals surface area contributed by atoms with Crippen LogP contribution < -0.4 is 5.32 Å². The Morgan fingerprint density at radius 2 is 1.88 bits per heavy atom. The molecule has 2 aromatic heterocycles. The molecular weight excluding hydrogens is 329 g/mol. The molecule has 0 aliphatic heterocycles. The summed E-state index contributed by atoms with van der Waals surface area (Å²) in [5.41, 5.74) is 3.64. The molecule has 0 unspecified atom stereocenters. The minimum absolute atomic E-state index is 0.182. The molecule has 4 nitrogen and oxygen atoms in total. The average Bonchev–Trinajstić information content (AvgIpc) is 3.10. The van der Waals surface area contributed by atoms with Crippen LogP contribution in [0.5, 0.6) is 0 Å². The van der Waals surface area contributed by atoms with Crippen LogP contribution in [0.25, 0.3) is 22.2 Å². The summed E-state index contributed by atoms with van der Waals surface area (Å²) in [5, 5.41) is 3.62. The Kier molecular flexibility index (Phi) is 4.19. The average molecular weight is 345 g/mol. The summed E-state index contributed by atoms with van der Waals surface area (Å²) in [4.78, 5) is 19.9. The summed E-state index contributed by atoms with van der Waals surface area (Å²) >= 11 is 0. The highest BCUT2D eigenvalue weighted by atomic mass is 19.1. The molecule has 0 aliphatic carbocycles. The summed E-state index contributed by atoms with van der Waals surface area (Å²) in [6.45, 7) is 0.448. The lowest BCUT2D eigenvalue weighted by molar-refractivity contribution is 0.0952. The second-order valence-corrected chi connectivity index (χ2v) is 6.00. The maximum atomic E-state index is 13.5. The van der Waals surface area contributed by atoms with Crippen molar-refractivity contribution in [2.24, 2.45) is 0 Å². The normalized spacial score (nSPS) is 10.8. The summed E-state index contributed by atoms with van der Waals surface area (Å²) in [6.07, 6.45) is 3.31. The number of rotatable bonds is 4. The minimum Gasteiger partial charge on any atom is -0.348 e. The first-order valence-electron chi connectivity index (χ1n) is 8.26. The van der Waals surface area contributed by atoms with E-state index in [0.29, 0.717) is 23.1 Å². The first kappa shape index (κ1) is 16.0. The van der Waals surface area contributed by atoms with Crippen molar-refractivity contribution in [3.63, 3.8) is 0 Å². The maximum Gasteiger partial charge on any atom is 0.253 e. The number of amides is 1. The van der Waals surface area contributed by atoms with Crippen molar-refractivity contribution in [2.75, 3.05) is 0 Å². The summed E-state index contributed by atoms with van der Waals surface area (Å²) < 4.78 is 13.5. The summed E-state index contributed by atoms with van der Waals surface area (Å²) in [6, 6.07) is 17.9. The zero-order valence-corrected chi connectivity index (χ0v) is 13.9. The van der Waals surface area contributed by atoms with Crippen LogP contribution in [0.2, 0.25) is 0 Å². The lowest BCUT2D eigenvalue weighted by Gasteiger charge is -2.05. The van der Waals surface area contributed by atoms with Crippen molar-refractivity contribution < 1.29 is 9.18 Å². The predicted octanol–water partition coefficient (Wildman–Crippen LogP) is 4.30. The van der Waals surface area contributed by atoms with Gasteiger partial charge in [0.25, 0.3) is 5.91 Å². The van der Waals surface area contributed by atoms with Gasteiger partial charge in [0, 0.05) is 29.9 Å². The third-order valence-electron chi connectivity index (χ3n) is 4.23. The second-order valence-electron chi connectivity index (χ2n) is 6.00. The molecule has 2 N–H and O–H groups in total. The molecule has 5 heteroatoms. The molecular formula is C21H16FN3O. The van der Waals surface area contributed by atoms with Gasteiger partial charge in [-0.25, -0.2) is 9.37 Å². The number of nitrogens with one attached hydrogen (secondary N) is 2. The minimum atomic E-state index is -0.308. The number of halogens is 1. The van der Waals surface area contributed by atoms with Gasteiger partial charge < -0.3 is 10.3 Å². The van der Waals surface area contributed by atoms with E-state index in [1.54, 1.807) is 18.5 Å². The number of pyridine rings is 1. The summed E-state index contributed by atoms with van der Waals surface area (Å²) in [5.74, 6) is -0.490. The Labute approximate surface area is 149 Å². The monoisotopic (exact) mass is 345 g/mol. The van der Waals surface area contributed by atoms with E-state index >= 15 is 0 Å². The van der Waals surface area contributed by atoms with Gasteiger partial charge in [0.1, 0.15) is 11.5 Å². The molecule has 0 spiro atoms. The lowest BCUT2D eigenvalue weighted by atomic mass is 10.1. The number of hydrogen-bond donors (Lipinski definition) is 2. The number of nitrogens with zero attached hydrogens (tertiary/aromatic N) is 1. The number of aromatic amines is 1. The SMILES string of the molecule is O=C(NCc1ccccc1)c1c[nH]c2ncc(-c3cccc(F)c3)cc12. The van der Waals surface area contributed by atoms with Crippen molar-refractivity contribution in [3.05, 3.63) is 90.0 Å². The first-order chi connectivity index (χ1) is 12.7. The molecule has 2 heterocycles. The number of benzene rings is 2. The van der Waals surface area contributed by atoms with Crippen LogP contribution in [-0.4, -0.2) is 15.9 Å². The van der Waals surface area contributed by atoms with Crippen LogP contribution in [-0.2, 0) is 6.54 Å². The molecule has 0 radical (unpaired) electrons. The van der Waals surface area contributed by atoms with E-state index in [0.717, 1.165) is 16.7 Å². The Morgan fingerprint density at radius 3 is 2.69 bits per heavy atom. The summed E-state index contributed by atoms with van der Waals surface area (Å²) in [7, 11) is 0. The molecule has 0 bridgehead atoms. The van der Waals surface area contributed by atoms with E-state index < -0.39 is 0 Å². The third-order valence-corrected chi connectivity index (χ3v) is 4.23. The lowest BCUT2D eigenvalue weighted by Crippen LogP contribution is -2.22. The van der Waals surface area contributed by atoms with Crippen LogP contribution in [0.1, 0.15) is 15.9 Å². The number of hydrogen-bond acceptors (Lipinski definition) is 2. The molecule has 2 aromatic carbocycles. The molecule has 4 aromatic rings. The predicted molar refractivity (Wildman–Crippen MR) is 99.1 cm³/mol. The zero-order valence-electron chi connectivity index (χ0n) is 13.9. The van der Waals surface area contributed by atoms with Gasteiger partial charge in [-0.05, 0) is 29.3 Å². The standard InChI is InChI=1S/C21H16FN3O/c22-17-8-4-7-15(9-17)16-10-18-19(13-24-20(18)23-12-16)21(26)25-11-14-5-2-1-3-6-14/h1-10,12-13H,11H2,(H,23,24)(H,25,26). The quantitative estimate of drug-likeness (QED) is 0.579. The van der Waals surface area contributed by atoms with Crippen molar-refractivity contribution in [1.29, 1.82) is 0 Å². The fourth-order valence-electron chi connectivity index (χ4n) is 2.89. The molecule has 0 atom stereocenters. The smallest absolute Gasteiger partial charge is 0.253 e. The largest absolute Gasteiger partial charge is 0.348 e. The molecule has 128 valence electrons. The van der Waals surface area contributed by atoms with Gasteiger partial charge in [0.05, 0.1) is 5.56 Å². The van der Waals surface area contributed by atoms with Crippen LogP contribution in [0, 0.1) is 5.82 Å². The molecule has 1 amide bonds. The van der Waals surface area contributed by atoms with Crippen LogP contribution >= 0.6 is 0 Å². The van der Waals surface area contributed by atoms with Crippen molar-refractivity contribution in [1.82, 2.24) is 15.3 Å². The molecule has 4 rings (SSSR count). The molecule has 0 saturated carbocycles. The van der Waals surface area contributed by atoms with Gasteiger partial charge in [-0.2, -0.15) is 0 Å². The van der Waals surface area contributed by atoms with E-state index in [1.807, 2.05) is 42.5 Å². The Hall–Kier alpha value is -3.47. The number of aromatic nitrogens is 2. The highest BCUT2D eigenvalue weighted by Crippen LogP contribution is 2.25. The Bertz CT molecular complexity index is 1070. The van der Waals surface area contributed by atoms with Crippen LogP contribution in [0.15, 0.2) is 73.1 Å². The number of carbonyl (C=O) groups is 1. The van der Waals surface area contributed by atoms with Gasteiger partial charge >= 0.3 is 0 Å². The van der Waals surface area contributed by atoms with Crippen molar-refractivity contribution in [2.45, 2.75) is 6.54 Å². The van der Waals surface area contributed by atoms with Gasteiger partial charge in [-0.1, -0.05) is 42.5 Å². The third kappa shape index (κ3) is 3.19. The van der Waals surface area contributed by atoms with Gasteiger partial charge in [0.2, 0.25) is 0 Å². The maximum absolute atomic E-state index is 13.5. The number of H-pyrrole nitrogens is 1. The first-order valence-corrected chi connectivity index (χ1v) is 8.26. The van der Waals surface area contributed by atoms with Crippen LogP contribution in [0.3, 0.4) is 0 Å². The topological polar surface area (TPSA) is 57.8 Å². The van der Waals surface area contributed by atoms with E-state index in [-0.39, 0.29) is 11.7 Å². The molecule has 0 saturated heterocycles. The fraction of sp³-hybridized carbons (Fsp3) is 0.0476. The van der Waals surface area contributed by atoms with Crippen molar-refractivity contribution in [3.8, 4) is 11.1 Å².